The molecule has 0 bridgehead atoms. The third kappa shape index (κ3) is 4.84. The summed E-state index contributed by atoms with van der Waals surface area (Å²) in [5.74, 6) is 0.993. The minimum atomic E-state index is -0.113. The van der Waals surface area contributed by atoms with Gasteiger partial charge in [0.15, 0.2) is 0 Å². The van der Waals surface area contributed by atoms with Gasteiger partial charge in [0.05, 0.1) is 24.2 Å². The fourth-order valence-electron chi connectivity index (χ4n) is 6.40. The van der Waals surface area contributed by atoms with Crippen LogP contribution in [0.4, 0.5) is 0 Å². The zero-order valence-electron chi connectivity index (χ0n) is 23.8. The number of carbonyl (C=O) groups excluding carboxylic acids is 3. The predicted molar refractivity (Wildman–Crippen MR) is 161 cm³/mol. The molecule has 1 aromatic heterocycles. The van der Waals surface area contributed by atoms with E-state index in [4.69, 9.17) is 4.74 Å². The van der Waals surface area contributed by atoms with Crippen molar-refractivity contribution in [1.82, 2.24) is 19.3 Å². The van der Waals surface area contributed by atoms with Crippen LogP contribution in [-0.4, -0.2) is 76.8 Å². The van der Waals surface area contributed by atoms with Crippen LogP contribution in [0.2, 0.25) is 0 Å². The number of carbonyl (C=O) groups is 3. The van der Waals surface area contributed by atoms with Crippen molar-refractivity contribution in [3.05, 3.63) is 75.4 Å². The molecular formula is C32H35BrN4O4. The topological polar surface area (TPSA) is 75.1 Å². The fraction of sp³-hybridized carbons (Fsp3) is 0.406. The highest BCUT2D eigenvalue weighted by atomic mass is 79.9. The molecule has 9 heteroatoms. The van der Waals surface area contributed by atoms with Gasteiger partial charge in [0.25, 0.3) is 5.91 Å². The lowest BCUT2D eigenvalue weighted by Crippen LogP contribution is -2.61. The average molecular weight is 620 g/mol. The number of ether oxygens (including phenoxy) is 1. The number of amides is 3. The summed E-state index contributed by atoms with van der Waals surface area (Å²) in [7, 11) is 3.49. The molecule has 2 aliphatic heterocycles. The molecule has 1 saturated carbocycles. The van der Waals surface area contributed by atoms with E-state index in [0.717, 1.165) is 62.8 Å². The number of nitrogens with zero attached hydrogens (tertiary/aromatic N) is 4. The van der Waals surface area contributed by atoms with E-state index in [1.807, 2.05) is 36.1 Å². The zero-order valence-corrected chi connectivity index (χ0v) is 25.4. The lowest BCUT2D eigenvalue weighted by atomic mass is 9.97. The molecule has 3 heterocycles. The van der Waals surface area contributed by atoms with Gasteiger partial charge in [0.2, 0.25) is 11.8 Å². The first kappa shape index (κ1) is 27.6. The van der Waals surface area contributed by atoms with Crippen molar-refractivity contribution < 1.29 is 19.1 Å². The van der Waals surface area contributed by atoms with Crippen LogP contribution in [0.5, 0.6) is 5.75 Å². The van der Waals surface area contributed by atoms with Crippen molar-refractivity contribution in [3.63, 3.8) is 0 Å². The Balaban J connectivity index is 1.36. The molecule has 3 amide bonds. The minimum absolute atomic E-state index is 0.0139. The summed E-state index contributed by atoms with van der Waals surface area (Å²) in [4.78, 5) is 45.3. The van der Waals surface area contributed by atoms with E-state index in [1.165, 1.54) is 11.6 Å². The highest BCUT2D eigenvalue weighted by Gasteiger charge is 2.39. The number of fused-ring (bicyclic) bond motifs is 2. The monoisotopic (exact) mass is 618 g/mol. The van der Waals surface area contributed by atoms with Crippen molar-refractivity contribution in [3.8, 4) is 5.75 Å². The number of hydrogen-bond donors (Lipinski definition) is 0. The Morgan fingerprint density at radius 1 is 1.17 bits per heavy atom. The largest absolute Gasteiger partial charge is 0.496 e. The third-order valence-corrected chi connectivity index (χ3v) is 9.30. The fourth-order valence-corrected chi connectivity index (χ4v) is 6.98. The van der Waals surface area contributed by atoms with Gasteiger partial charge in [-0.15, -0.1) is 0 Å². The molecule has 0 atom stereocenters. The van der Waals surface area contributed by atoms with Gasteiger partial charge < -0.3 is 24.0 Å². The van der Waals surface area contributed by atoms with Crippen molar-refractivity contribution in [1.29, 1.82) is 0 Å². The van der Waals surface area contributed by atoms with Crippen molar-refractivity contribution in [2.75, 3.05) is 33.8 Å². The highest BCUT2D eigenvalue weighted by molar-refractivity contribution is 9.10. The van der Waals surface area contributed by atoms with E-state index in [9.17, 15) is 14.4 Å². The predicted octanol–water partition coefficient (Wildman–Crippen LogP) is 4.65. The molecule has 0 radical (unpaired) electrons. The summed E-state index contributed by atoms with van der Waals surface area (Å²) < 4.78 is 8.59. The van der Waals surface area contributed by atoms with Crippen LogP contribution >= 0.6 is 15.9 Å². The van der Waals surface area contributed by atoms with Crippen LogP contribution in [0.25, 0.3) is 10.9 Å². The molecule has 8 nitrogen and oxygen atoms in total. The quantitative estimate of drug-likeness (QED) is 0.361. The third-order valence-electron chi connectivity index (χ3n) is 8.84. The normalized spacial score (nSPS) is 16.8. The van der Waals surface area contributed by atoms with Gasteiger partial charge in [-0.1, -0.05) is 34.6 Å². The molecule has 2 fully saturated rings. The molecular weight excluding hydrogens is 584 g/mol. The summed E-state index contributed by atoms with van der Waals surface area (Å²) in [5, 5.41) is 0.891. The van der Waals surface area contributed by atoms with Crippen LogP contribution in [0.1, 0.15) is 51.5 Å². The molecule has 0 N–H and O–H groups in total. The first-order chi connectivity index (χ1) is 19.7. The lowest BCUT2D eigenvalue weighted by molar-refractivity contribution is -0.142. The number of methoxy groups -OCH3 is 1. The number of aryl methyl sites for hydroxylation is 1. The zero-order chi connectivity index (χ0) is 29.0. The Morgan fingerprint density at radius 3 is 2.61 bits per heavy atom. The molecule has 214 valence electrons. The summed E-state index contributed by atoms with van der Waals surface area (Å²) in [6.45, 7) is 7.89. The Kier molecular flexibility index (Phi) is 7.18. The van der Waals surface area contributed by atoms with Gasteiger partial charge in [-0.2, -0.15) is 0 Å². The molecule has 0 spiro atoms. The Bertz CT molecular complexity index is 1580. The maximum absolute atomic E-state index is 14.4. The maximum atomic E-state index is 14.4. The molecule has 3 aliphatic rings. The number of hydrogen-bond acceptors (Lipinski definition) is 4. The molecule has 3 aromatic rings. The molecule has 2 aromatic carbocycles. The van der Waals surface area contributed by atoms with Gasteiger partial charge in [-0.3, -0.25) is 14.4 Å². The van der Waals surface area contributed by atoms with Crippen LogP contribution < -0.4 is 4.74 Å². The van der Waals surface area contributed by atoms with E-state index >= 15 is 0 Å². The summed E-state index contributed by atoms with van der Waals surface area (Å²) >= 11 is 3.66. The smallest absolute Gasteiger partial charge is 0.256 e. The number of halogens is 1. The first-order valence-electron chi connectivity index (χ1n) is 14.1. The summed E-state index contributed by atoms with van der Waals surface area (Å²) in [6.07, 6.45) is 4.05. The second-order valence-corrected chi connectivity index (χ2v) is 12.3. The Labute approximate surface area is 248 Å². The number of likely N-dealkylation sites (N-methyl/N-ethyl adjacent to an activating group) is 1. The van der Waals surface area contributed by atoms with Crippen LogP contribution in [0.15, 0.2) is 47.5 Å². The van der Waals surface area contributed by atoms with Gasteiger partial charge in [-0.05, 0) is 61.6 Å². The summed E-state index contributed by atoms with van der Waals surface area (Å²) in [6, 6.07) is 10.1. The minimum Gasteiger partial charge on any atom is -0.496 e. The highest BCUT2D eigenvalue weighted by Crippen LogP contribution is 2.46. The van der Waals surface area contributed by atoms with E-state index in [-0.39, 0.29) is 36.2 Å². The molecule has 41 heavy (non-hydrogen) atoms. The second-order valence-electron chi connectivity index (χ2n) is 11.4. The summed E-state index contributed by atoms with van der Waals surface area (Å²) in [5.41, 5.74) is 5.93. The molecule has 1 aliphatic carbocycles. The van der Waals surface area contributed by atoms with Crippen molar-refractivity contribution in [2.24, 2.45) is 0 Å². The van der Waals surface area contributed by atoms with Crippen LogP contribution in [0, 0.1) is 6.92 Å². The number of benzene rings is 2. The first-order valence-corrected chi connectivity index (χ1v) is 14.9. The number of likely N-dealkylation sites (tertiary alicyclic amines) is 1. The van der Waals surface area contributed by atoms with Gasteiger partial charge in [-0.25, -0.2) is 0 Å². The van der Waals surface area contributed by atoms with Gasteiger partial charge in [0, 0.05) is 60.3 Å². The standard InChI is InChI=1S/C32H35BrN4O4/c1-5-27(38)36-16-23(17-36)34(3)28(39)18-37-30-19(2)13-22(33)14-25(30)29(31(37)20-9-10-20)32(40)35-12-11-24-21(15-35)7-6-8-26(24)41-4/h5-8,13-14,20,23H,1,9-12,15-18H2,2-4H3. The SMILES string of the molecule is C=CC(=O)N1CC(N(C)C(=O)Cn2c(C3CC3)c(C(=O)N3CCc4c(cccc4OC)C3)c3cc(Br)cc(C)c32)C1. The van der Waals surface area contributed by atoms with E-state index in [2.05, 4.69) is 33.1 Å². The Morgan fingerprint density at radius 2 is 1.93 bits per heavy atom. The van der Waals surface area contributed by atoms with E-state index in [1.54, 1.807) is 24.0 Å². The van der Waals surface area contributed by atoms with E-state index < -0.39 is 0 Å². The van der Waals surface area contributed by atoms with Crippen molar-refractivity contribution in [2.45, 2.75) is 51.2 Å². The lowest BCUT2D eigenvalue weighted by Gasteiger charge is -2.43. The molecule has 6 rings (SSSR count). The molecule has 0 unspecified atom stereocenters. The number of rotatable bonds is 7. The average Bonchev–Trinajstić information content (AvgIpc) is 3.73. The van der Waals surface area contributed by atoms with Gasteiger partial charge in [0.1, 0.15) is 12.3 Å². The molecule has 1 saturated heterocycles. The Hall–Kier alpha value is -3.59. The van der Waals surface area contributed by atoms with Crippen LogP contribution in [-0.2, 0) is 29.1 Å². The second kappa shape index (κ2) is 10.7. The van der Waals surface area contributed by atoms with E-state index in [0.29, 0.717) is 26.2 Å². The maximum Gasteiger partial charge on any atom is 0.256 e. The van der Waals surface area contributed by atoms with Crippen LogP contribution in [0.3, 0.4) is 0 Å². The van der Waals surface area contributed by atoms with Gasteiger partial charge >= 0.3 is 0 Å². The van der Waals surface area contributed by atoms with Crippen molar-refractivity contribution >= 4 is 44.6 Å². The number of aromatic nitrogens is 1.